The molecule has 4 rings (SSSR count). The average molecular weight is 256 g/mol. The molecule has 0 aliphatic heterocycles. The van der Waals surface area contributed by atoms with E-state index in [0.717, 1.165) is 0 Å². The van der Waals surface area contributed by atoms with E-state index in [4.69, 9.17) is 0 Å². The predicted molar refractivity (Wildman–Crippen MR) is 66.7 cm³/mol. The number of fused-ring (bicyclic) bond motifs is 5. The van der Waals surface area contributed by atoms with E-state index in [1.54, 1.807) is 48.5 Å². The monoisotopic (exact) mass is 256 g/mol. The Morgan fingerprint density at radius 1 is 0.789 bits per heavy atom. The van der Waals surface area contributed by atoms with Gasteiger partial charge in [0.15, 0.2) is 5.78 Å². The number of rotatable bonds is 0. The number of carbonyl (C=O) groups is 1. The largest absolute Gasteiger partial charge is 0.289 e. The van der Waals surface area contributed by atoms with Gasteiger partial charge in [0.2, 0.25) is 0 Å². The van der Waals surface area contributed by atoms with Crippen LogP contribution in [0.3, 0.4) is 0 Å². The molecule has 0 bridgehead atoms. The molecule has 2 aromatic rings. The van der Waals surface area contributed by atoms with Crippen LogP contribution in [-0.2, 0) is 0 Å². The van der Waals surface area contributed by atoms with Gasteiger partial charge in [0, 0.05) is 11.1 Å². The van der Waals surface area contributed by atoms with Gasteiger partial charge in [0.25, 0.3) is 5.92 Å². The second-order valence-corrected chi connectivity index (χ2v) is 5.13. The highest BCUT2D eigenvalue weighted by molar-refractivity contribution is 6.12. The summed E-state index contributed by atoms with van der Waals surface area (Å²) < 4.78 is 28.1. The summed E-state index contributed by atoms with van der Waals surface area (Å²) in [6.07, 6.45) is 0. The quantitative estimate of drug-likeness (QED) is 0.701. The fourth-order valence-electron chi connectivity index (χ4n) is 3.20. The molecule has 0 heterocycles. The Balaban J connectivity index is 2.05. The van der Waals surface area contributed by atoms with Gasteiger partial charge in [0.05, 0.1) is 11.8 Å². The van der Waals surface area contributed by atoms with E-state index >= 15 is 0 Å². The van der Waals surface area contributed by atoms with Crippen molar-refractivity contribution in [2.24, 2.45) is 0 Å². The fourth-order valence-corrected chi connectivity index (χ4v) is 3.20. The first-order valence-electron chi connectivity index (χ1n) is 6.22. The van der Waals surface area contributed by atoms with E-state index < -0.39 is 17.8 Å². The highest BCUT2D eigenvalue weighted by atomic mass is 19.3. The van der Waals surface area contributed by atoms with Gasteiger partial charge in [-0.3, -0.25) is 4.79 Å². The van der Waals surface area contributed by atoms with Crippen LogP contribution < -0.4 is 0 Å². The minimum absolute atomic E-state index is 0.144. The third-order valence-corrected chi connectivity index (χ3v) is 4.13. The van der Waals surface area contributed by atoms with E-state index in [2.05, 4.69) is 0 Å². The lowest BCUT2D eigenvalue weighted by Crippen LogP contribution is -2.09. The Bertz CT molecular complexity index is 648. The summed E-state index contributed by atoms with van der Waals surface area (Å²) in [5, 5.41) is 0. The van der Waals surface area contributed by atoms with E-state index in [-0.39, 0.29) is 5.78 Å². The second kappa shape index (κ2) is 3.29. The van der Waals surface area contributed by atoms with Crippen molar-refractivity contribution in [2.45, 2.75) is 17.8 Å². The molecule has 1 saturated carbocycles. The standard InChI is InChI=1S/C16H10F2O/c17-16(18)13-9-5-1-3-7-11(9)15(19)12-8-4-2-6-10(12)14(13)16/h1-8,13-14H/t13-,14+. The van der Waals surface area contributed by atoms with Crippen molar-refractivity contribution in [3.05, 3.63) is 70.8 Å². The van der Waals surface area contributed by atoms with Crippen LogP contribution in [-0.4, -0.2) is 11.7 Å². The molecule has 2 aliphatic carbocycles. The summed E-state index contributed by atoms with van der Waals surface area (Å²) in [6.45, 7) is 0. The van der Waals surface area contributed by atoms with Crippen molar-refractivity contribution in [2.75, 3.05) is 0 Å². The van der Waals surface area contributed by atoms with Crippen LogP contribution in [0.15, 0.2) is 48.5 Å². The van der Waals surface area contributed by atoms with Gasteiger partial charge in [-0.1, -0.05) is 48.5 Å². The summed E-state index contributed by atoms with van der Waals surface area (Å²) in [6, 6.07) is 13.5. The Hall–Kier alpha value is -2.03. The van der Waals surface area contributed by atoms with E-state index in [9.17, 15) is 13.6 Å². The molecule has 3 heteroatoms. The highest BCUT2D eigenvalue weighted by Crippen LogP contribution is 2.69. The Kier molecular flexibility index (Phi) is 1.88. The number of alkyl halides is 2. The topological polar surface area (TPSA) is 17.1 Å². The maximum absolute atomic E-state index is 14.1. The molecular formula is C16H10F2O. The first-order valence-corrected chi connectivity index (χ1v) is 6.22. The molecule has 0 N–H and O–H groups in total. The minimum atomic E-state index is -2.74. The van der Waals surface area contributed by atoms with Gasteiger partial charge in [-0.15, -0.1) is 0 Å². The van der Waals surface area contributed by atoms with E-state index in [0.29, 0.717) is 22.3 Å². The summed E-state index contributed by atoms with van der Waals surface area (Å²) >= 11 is 0. The van der Waals surface area contributed by atoms with Crippen molar-refractivity contribution in [3.8, 4) is 0 Å². The van der Waals surface area contributed by atoms with E-state index in [1.807, 2.05) is 0 Å². The number of ketones is 1. The lowest BCUT2D eigenvalue weighted by atomic mass is 9.96. The molecule has 0 saturated heterocycles. The van der Waals surface area contributed by atoms with Crippen LogP contribution in [0, 0.1) is 0 Å². The first-order chi connectivity index (χ1) is 9.12. The van der Waals surface area contributed by atoms with Crippen LogP contribution in [0.4, 0.5) is 8.78 Å². The van der Waals surface area contributed by atoms with Crippen LogP contribution in [0.25, 0.3) is 0 Å². The van der Waals surface area contributed by atoms with Gasteiger partial charge in [-0.05, 0) is 11.1 Å². The number of halogens is 2. The van der Waals surface area contributed by atoms with Crippen LogP contribution in [0.1, 0.15) is 38.9 Å². The van der Waals surface area contributed by atoms with Crippen LogP contribution in [0.5, 0.6) is 0 Å². The molecular weight excluding hydrogens is 246 g/mol. The predicted octanol–water partition coefficient (Wildman–Crippen LogP) is 3.75. The minimum Gasteiger partial charge on any atom is -0.289 e. The third kappa shape index (κ3) is 1.25. The number of carbonyl (C=O) groups excluding carboxylic acids is 1. The molecule has 1 nitrogen and oxygen atoms in total. The number of benzene rings is 2. The molecule has 0 unspecified atom stereocenters. The summed E-state index contributed by atoms with van der Waals surface area (Å²) in [5.41, 5.74) is 1.80. The van der Waals surface area contributed by atoms with Gasteiger partial charge in [-0.2, -0.15) is 0 Å². The number of hydrogen-bond donors (Lipinski definition) is 0. The van der Waals surface area contributed by atoms with Crippen molar-refractivity contribution in [1.29, 1.82) is 0 Å². The summed E-state index contributed by atoms with van der Waals surface area (Å²) in [7, 11) is 0. The maximum atomic E-state index is 14.1. The molecule has 2 aromatic carbocycles. The van der Waals surface area contributed by atoms with Gasteiger partial charge < -0.3 is 0 Å². The molecule has 0 spiro atoms. The van der Waals surface area contributed by atoms with Crippen molar-refractivity contribution in [1.82, 2.24) is 0 Å². The van der Waals surface area contributed by atoms with E-state index in [1.165, 1.54) is 0 Å². The van der Waals surface area contributed by atoms with Gasteiger partial charge in [0.1, 0.15) is 0 Å². The molecule has 94 valence electrons. The van der Waals surface area contributed by atoms with Crippen LogP contribution >= 0.6 is 0 Å². The van der Waals surface area contributed by atoms with Gasteiger partial charge in [-0.25, -0.2) is 8.78 Å². The molecule has 0 radical (unpaired) electrons. The SMILES string of the molecule is O=C1c2ccccc2[C@@H]2[C@H](c3ccccc31)C2(F)F. The Morgan fingerprint density at radius 2 is 1.21 bits per heavy atom. The molecule has 2 aliphatic rings. The smallest absolute Gasteiger partial charge is 0.263 e. The zero-order valence-corrected chi connectivity index (χ0v) is 9.94. The third-order valence-electron chi connectivity index (χ3n) is 4.13. The molecule has 2 atom stereocenters. The first kappa shape index (κ1) is 10.9. The lowest BCUT2D eigenvalue weighted by Gasteiger charge is -2.09. The maximum Gasteiger partial charge on any atom is 0.263 e. The van der Waals surface area contributed by atoms with Crippen molar-refractivity contribution < 1.29 is 13.6 Å². The molecule has 0 aromatic heterocycles. The van der Waals surface area contributed by atoms with Gasteiger partial charge >= 0.3 is 0 Å². The second-order valence-electron chi connectivity index (χ2n) is 5.13. The Morgan fingerprint density at radius 3 is 1.68 bits per heavy atom. The molecule has 19 heavy (non-hydrogen) atoms. The summed E-state index contributed by atoms with van der Waals surface area (Å²) in [4.78, 5) is 12.5. The highest BCUT2D eigenvalue weighted by Gasteiger charge is 2.71. The zero-order chi connectivity index (χ0) is 13.2. The fraction of sp³-hybridized carbons (Fsp3) is 0.188. The lowest BCUT2D eigenvalue weighted by molar-refractivity contribution is 0.0996. The molecule has 1 fully saturated rings. The average Bonchev–Trinajstić information content (AvgIpc) is 3.02. The number of hydrogen-bond acceptors (Lipinski definition) is 1. The zero-order valence-electron chi connectivity index (χ0n) is 9.94. The van der Waals surface area contributed by atoms with Crippen molar-refractivity contribution in [3.63, 3.8) is 0 Å². The van der Waals surface area contributed by atoms with Crippen LogP contribution in [0.2, 0.25) is 0 Å². The normalized spacial score (nSPS) is 25.9. The Labute approximate surface area is 108 Å². The van der Waals surface area contributed by atoms with Crippen molar-refractivity contribution >= 4 is 5.78 Å². The molecule has 0 amide bonds. The summed E-state index contributed by atoms with van der Waals surface area (Å²) in [5.74, 6) is -4.59.